The van der Waals surface area contributed by atoms with Crippen molar-refractivity contribution in [3.63, 3.8) is 0 Å². The topological polar surface area (TPSA) is 105 Å². The molecular weight excluding hydrogens is 358 g/mol. The third-order valence-electron chi connectivity index (χ3n) is 4.11. The molecule has 1 saturated heterocycles. The zero-order chi connectivity index (χ0) is 19.2. The second-order valence-electron chi connectivity index (χ2n) is 6.17. The number of rotatable bonds is 6. The first-order valence-electron chi connectivity index (χ1n) is 8.59. The summed E-state index contributed by atoms with van der Waals surface area (Å²) in [4.78, 5) is 25.4. The van der Waals surface area contributed by atoms with Gasteiger partial charge in [0.15, 0.2) is 0 Å². The van der Waals surface area contributed by atoms with Gasteiger partial charge in [0, 0.05) is 19.1 Å². The van der Waals surface area contributed by atoms with Gasteiger partial charge >= 0.3 is 6.09 Å². The molecule has 2 amide bonds. The van der Waals surface area contributed by atoms with E-state index >= 15 is 0 Å². The van der Waals surface area contributed by atoms with Crippen LogP contribution < -0.4 is 10.0 Å². The minimum Gasteiger partial charge on any atom is -0.450 e. The second-order valence-corrected chi connectivity index (χ2v) is 7.94. The summed E-state index contributed by atoms with van der Waals surface area (Å²) in [5.74, 6) is -0.393. The van der Waals surface area contributed by atoms with Gasteiger partial charge in [0.05, 0.1) is 18.0 Å². The lowest BCUT2D eigenvalue weighted by Gasteiger charge is -2.31. The van der Waals surface area contributed by atoms with Gasteiger partial charge in [-0.15, -0.1) is 0 Å². The summed E-state index contributed by atoms with van der Waals surface area (Å²) < 4.78 is 31.7. The number of hydrogen-bond acceptors (Lipinski definition) is 5. The maximum Gasteiger partial charge on any atom is 0.409 e. The first-order valence-corrected chi connectivity index (χ1v) is 10.1. The minimum atomic E-state index is -3.73. The zero-order valence-corrected chi connectivity index (χ0v) is 15.8. The molecule has 1 fully saturated rings. The number of hydrogen-bond donors (Lipinski definition) is 2. The van der Waals surface area contributed by atoms with E-state index in [1.165, 1.54) is 6.07 Å². The largest absolute Gasteiger partial charge is 0.450 e. The molecule has 8 nitrogen and oxygen atoms in total. The fourth-order valence-corrected chi connectivity index (χ4v) is 3.81. The molecule has 0 aromatic heterocycles. The molecular formula is C17H25N3O5S. The Morgan fingerprint density at radius 3 is 2.58 bits per heavy atom. The van der Waals surface area contributed by atoms with Gasteiger partial charge in [-0.1, -0.05) is 12.1 Å². The van der Waals surface area contributed by atoms with Gasteiger partial charge in [-0.05, 0) is 44.4 Å². The van der Waals surface area contributed by atoms with E-state index in [0.29, 0.717) is 32.5 Å². The van der Waals surface area contributed by atoms with Crippen LogP contribution in [-0.4, -0.2) is 57.6 Å². The van der Waals surface area contributed by atoms with Gasteiger partial charge in [-0.2, -0.15) is 0 Å². The SMILES string of the molecule is CCOC(=O)N1CCC(NC(=O)CNS(=O)(=O)c2cccc(C)c2)CC1. The van der Waals surface area contributed by atoms with Crippen molar-refractivity contribution >= 4 is 22.0 Å². The number of likely N-dealkylation sites (tertiary alicyclic amines) is 1. The van der Waals surface area contributed by atoms with Crippen molar-refractivity contribution in [3.05, 3.63) is 29.8 Å². The summed E-state index contributed by atoms with van der Waals surface area (Å²) in [5, 5.41) is 2.80. The summed E-state index contributed by atoms with van der Waals surface area (Å²) >= 11 is 0. The molecule has 144 valence electrons. The Morgan fingerprint density at radius 1 is 1.27 bits per heavy atom. The van der Waals surface area contributed by atoms with Crippen LogP contribution in [0.5, 0.6) is 0 Å². The molecule has 1 aliphatic heterocycles. The van der Waals surface area contributed by atoms with Crippen LogP contribution in [0.15, 0.2) is 29.2 Å². The second kappa shape index (κ2) is 9.00. The van der Waals surface area contributed by atoms with Crippen LogP contribution in [0.2, 0.25) is 0 Å². The Bertz CT molecular complexity index is 743. The average Bonchev–Trinajstić information content (AvgIpc) is 2.61. The zero-order valence-electron chi connectivity index (χ0n) is 15.0. The lowest BCUT2D eigenvalue weighted by atomic mass is 10.1. The molecule has 1 aromatic carbocycles. The lowest BCUT2D eigenvalue weighted by molar-refractivity contribution is -0.120. The molecule has 26 heavy (non-hydrogen) atoms. The number of amides is 2. The van der Waals surface area contributed by atoms with Crippen LogP contribution in [0.1, 0.15) is 25.3 Å². The fraction of sp³-hybridized carbons (Fsp3) is 0.529. The summed E-state index contributed by atoms with van der Waals surface area (Å²) in [6.45, 7) is 4.56. The predicted octanol–water partition coefficient (Wildman–Crippen LogP) is 1.01. The van der Waals surface area contributed by atoms with Crippen LogP contribution >= 0.6 is 0 Å². The number of nitrogens with one attached hydrogen (secondary N) is 2. The number of piperidine rings is 1. The highest BCUT2D eigenvalue weighted by Gasteiger charge is 2.25. The molecule has 1 aromatic rings. The van der Waals surface area contributed by atoms with Gasteiger partial charge in [0.25, 0.3) is 0 Å². The van der Waals surface area contributed by atoms with Crippen molar-refractivity contribution in [1.82, 2.24) is 14.9 Å². The minimum absolute atomic E-state index is 0.0864. The third-order valence-corrected chi connectivity index (χ3v) is 5.51. The van der Waals surface area contributed by atoms with Gasteiger partial charge in [0.2, 0.25) is 15.9 Å². The smallest absolute Gasteiger partial charge is 0.409 e. The number of aryl methyl sites for hydroxylation is 1. The highest BCUT2D eigenvalue weighted by Crippen LogP contribution is 2.12. The van der Waals surface area contributed by atoms with Gasteiger partial charge in [-0.25, -0.2) is 17.9 Å². The van der Waals surface area contributed by atoms with Crippen LogP contribution in [0.4, 0.5) is 4.79 Å². The van der Waals surface area contributed by atoms with E-state index in [2.05, 4.69) is 10.0 Å². The number of sulfonamides is 1. The Labute approximate surface area is 153 Å². The van der Waals surface area contributed by atoms with Crippen molar-refractivity contribution in [2.24, 2.45) is 0 Å². The van der Waals surface area contributed by atoms with Gasteiger partial charge in [0.1, 0.15) is 0 Å². The molecule has 0 aliphatic carbocycles. The Balaban J connectivity index is 1.78. The van der Waals surface area contributed by atoms with E-state index in [1.807, 2.05) is 0 Å². The Morgan fingerprint density at radius 2 is 1.96 bits per heavy atom. The number of ether oxygens (including phenoxy) is 1. The molecule has 0 atom stereocenters. The van der Waals surface area contributed by atoms with Crippen molar-refractivity contribution in [3.8, 4) is 0 Å². The lowest BCUT2D eigenvalue weighted by Crippen LogP contribution is -2.48. The van der Waals surface area contributed by atoms with Crippen molar-refractivity contribution in [1.29, 1.82) is 0 Å². The van der Waals surface area contributed by atoms with Crippen molar-refractivity contribution < 1.29 is 22.7 Å². The van der Waals surface area contributed by atoms with Crippen molar-refractivity contribution in [2.75, 3.05) is 26.2 Å². The van der Waals surface area contributed by atoms with E-state index < -0.39 is 15.9 Å². The summed E-state index contributed by atoms with van der Waals surface area (Å²) in [6.07, 6.45) is 0.868. The molecule has 0 saturated carbocycles. The molecule has 2 rings (SSSR count). The quantitative estimate of drug-likeness (QED) is 0.763. The summed E-state index contributed by atoms with van der Waals surface area (Å²) in [7, 11) is -3.73. The standard InChI is InChI=1S/C17H25N3O5S/c1-3-25-17(22)20-9-7-14(8-10-20)19-16(21)12-18-26(23,24)15-6-4-5-13(2)11-15/h4-6,11,14,18H,3,7-10,12H2,1-2H3,(H,19,21). The molecule has 1 aliphatic rings. The Kier molecular flexibility index (Phi) is 6.98. The molecule has 2 N–H and O–H groups in total. The van der Waals surface area contributed by atoms with E-state index in [0.717, 1.165) is 5.56 Å². The number of carbonyl (C=O) groups is 2. The highest BCUT2D eigenvalue weighted by molar-refractivity contribution is 7.89. The maximum absolute atomic E-state index is 12.2. The van der Waals surface area contributed by atoms with E-state index in [-0.39, 0.29) is 23.6 Å². The van der Waals surface area contributed by atoms with E-state index in [1.54, 1.807) is 36.9 Å². The molecule has 9 heteroatoms. The third kappa shape index (κ3) is 5.70. The Hall–Kier alpha value is -2.13. The average molecular weight is 383 g/mol. The molecule has 0 bridgehead atoms. The van der Waals surface area contributed by atoms with Crippen LogP contribution in [0.25, 0.3) is 0 Å². The summed E-state index contributed by atoms with van der Waals surface area (Å²) in [6, 6.07) is 6.40. The van der Waals surface area contributed by atoms with Crippen LogP contribution in [0.3, 0.4) is 0 Å². The normalized spacial score (nSPS) is 15.5. The van der Waals surface area contributed by atoms with E-state index in [9.17, 15) is 18.0 Å². The van der Waals surface area contributed by atoms with E-state index in [4.69, 9.17) is 4.74 Å². The van der Waals surface area contributed by atoms with Crippen LogP contribution in [0, 0.1) is 6.92 Å². The van der Waals surface area contributed by atoms with Crippen molar-refractivity contribution in [2.45, 2.75) is 37.6 Å². The number of carbonyl (C=O) groups excluding carboxylic acids is 2. The van der Waals surface area contributed by atoms with Crippen LogP contribution in [-0.2, 0) is 19.6 Å². The number of benzene rings is 1. The first-order chi connectivity index (χ1) is 12.3. The summed E-state index contributed by atoms with van der Waals surface area (Å²) in [5.41, 5.74) is 0.825. The molecule has 0 radical (unpaired) electrons. The maximum atomic E-state index is 12.2. The number of nitrogens with zero attached hydrogens (tertiary/aromatic N) is 1. The fourth-order valence-electron chi connectivity index (χ4n) is 2.73. The highest BCUT2D eigenvalue weighted by atomic mass is 32.2. The predicted molar refractivity (Wildman–Crippen MR) is 96.1 cm³/mol. The molecule has 0 unspecified atom stereocenters. The molecule has 0 spiro atoms. The first kappa shape index (κ1) is 20.2. The molecule has 1 heterocycles. The monoisotopic (exact) mass is 383 g/mol. The van der Waals surface area contributed by atoms with Gasteiger partial charge in [-0.3, -0.25) is 4.79 Å². The van der Waals surface area contributed by atoms with Gasteiger partial charge < -0.3 is 15.0 Å².